The number of unbranched alkanes of at least 4 members (excludes halogenated alkanes) is 1. The van der Waals surface area contributed by atoms with E-state index in [1.165, 1.54) is 24.0 Å². The minimum atomic E-state index is 0.997. The molecule has 1 aromatic carbocycles. The van der Waals surface area contributed by atoms with Crippen molar-refractivity contribution in [2.24, 2.45) is 0 Å². The topological polar surface area (TPSA) is 15.3 Å². The molecule has 0 aromatic heterocycles. The lowest BCUT2D eigenvalue weighted by Gasteiger charge is -2.20. The average molecular weight is 248 g/mol. The van der Waals surface area contributed by atoms with Crippen LogP contribution in [0.2, 0.25) is 0 Å². The molecule has 0 aliphatic rings. The summed E-state index contributed by atoms with van der Waals surface area (Å²) in [5, 5.41) is 3.53. The molecule has 0 atom stereocenters. The highest BCUT2D eigenvalue weighted by molar-refractivity contribution is 5.26. The zero-order valence-electron chi connectivity index (χ0n) is 12.2. The smallest absolute Gasteiger partial charge is 0.0236 e. The normalized spacial score (nSPS) is 11.1. The summed E-state index contributed by atoms with van der Waals surface area (Å²) in [6.07, 6.45) is 2.52. The zero-order valence-corrected chi connectivity index (χ0v) is 12.2. The van der Waals surface area contributed by atoms with E-state index < -0.39 is 0 Å². The second-order valence-corrected chi connectivity index (χ2v) is 4.76. The van der Waals surface area contributed by atoms with Gasteiger partial charge in [-0.1, -0.05) is 51.5 Å². The Morgan fingerprint density at radius 3 is 2.28 bits per heavy atom. The van der Waals surface area contributed by atoms with Crippen LogP contribution in [0.5, 0.6) is 0 Å². The van der Waals surface area contributed by atoms with Crippen molar-refractivity contribution in [3.8, 4) is 0 Å². The van der Waals surface area contributed by atoms with Crippen molar-refractivity contribution >= 4 is 0 Å². The fraction of sp³-hybridized carbons (Fsp3) is 0.625. The summed E-state index contributed by atoms with van der Waals surface area (Å²) >= 11 is 0. The first-order chi connectivity index (χ1) is 8.81. The van der Waals surface area contributed by atoms with Gasteiger partial charge < -0.3 is 5.32 Å². The molecule has 0 aliphatic heterocycles. The average Bonchev–Trinajstić information content (AvgIpc) is 2.42. The van der Waals surface area contributed by atoms with Crippen LogP contribution in [0.15, 0.2) is 24.3 Å². The van der Waals surface area contributed by atoms with Gasteiger partial charge >= 0.3 is 0 Å². The fourth-order valence-corrected chi connectivity index (χ4v) is 2.10. The summed E-state index contributed by atoms with van der Waals surface area (Å²) in [5.41, 5.74) is 2.91. The number of rotatable bonds is 9. The van der Waals surface area contributed by atoms with E-state index in [-0.39, 0.29) is 0 Å². The van der Waals surface area contributed by atoms with E-state index in [9.17, 15) is 0 Å². The lowest BCUT2D eigenvalue weighted by molar-refractivity contribution is 0.295. The Morgan fingerprint density at radius 2 is 1.67 bits per heavy atom. The van der Waals surface area contributed by atoms with Crippen molar-refractivity contribution in [3.63, 3.8) is 0 Å². The maximum atomic E-state index is 3.53. The van der Waals surface area contributed by atoms with Crippen LogP contribution >= 0.6 is 0 Å². The van der Waals surface area contributed by atoms with Crippen LogP contribution in [-0.2, 0) is 13.1 Å². The van der Waals surface area contributed by atoms with Crippen LogP contribution in [0.1, 0.15) is 44.7 Å². The molecule has 0 aliphatic carbocycles. The third-order valence-corrected chi connectivity index (χ3v) is 3.43. The molecule has 0 amide bonds. The first-order valence-electron chi connectivity index (χ1n) is 7.31. The first-order valence-corrected chi connectivity index (χ1v) is 7.31. The standard InChI is InChI=1S/C16H28N2/c1-4-7-12-17-13-15-10-8-9-11-16(15)14-18(5-2)6-3/h8-11,17H,4-7,12-14H2,1-3H3. The Hall–Kier alpha value is -0.860. The van der Waals surface area contributed by atoms with E-state index in [1.807, 2.05) is 0 Å². The van der Waals surface area contributed by atoms with Crippen LogP contribution in [0, 0.1) is 0 Å². The molecule has 1 rings (SSSR count). The van der Waals surface area contributed by atoms with Crippen molar-refractivity contribution in [2.75, 3.05) is 19.6 Å². The van der Waals surface area contributed by atoms with E-state index in [0.717, 1.165) is 32.7 Å². The lowest BCUT2D eigenvalue weighted by Crippen LogP contribution is -2.24. The molecule has 0 bridgehead atoms. The number of hydrogen-bond acceptors (Lipinski definition) is 2. The number of nitrogens with one attached hydrogen (secondary N) is 1. The van der Waals surface area contributed by atoms with Gasteiger partial charge in [0.15, 0.2) is 0 Å². The van der Waals surface area contributed by atoms with Crippen molar-refractivity contribution in [2.45, 2.75) is 46.7 Å². The highest BCUT2D eigenvalue weighted by Crippen LogP contribution is 2.11. The highest BCUT2D eigenvalue weighted by Gasteiger charge is 2.05. The predicted molar refractivity (Wildman–Crippen MR) is 79.7 cm³/mol. The number of nitrogens with zero attached hydrogens (tertiary/aromatic N) is 1. The molecule has 0 saturated carbocycles. The molecule has 0 fully saturated rings. The second-order valence-electron chi connectivity index (χ2n) is 4.76. The van der Waals surface area contributed by atoms with E-state index in [1.54, 1.807) is 0 Å². The van der Waals surface area contributed by atoms with Gasteiger partial charge in [0.25, 0.3) is 0 Å². The number of hydrogen-bond donors (Lipinski definition) is 1. The summed E-state index contributed by atoms with van der Waals surface area (Å²) in [6.45, 7) is 12.1. The largest absolute Gasteiger partial charge is 0.313 e. The fourth-order valence-electron chi connectivity index (χ4n) is 2.10. The van der Waals surface area contributed by atoms with Crippen LogP contribution in [0.4, 0.5) is 0 Å². The van der Waals surface area contributed by atoms with Gasteiger partial charge in [-0.3, -0.25) is 4.90 Å². The Labute approximate surface area is 112 Å². The van der Waals surface area contributed by atoms with Crippen LogP contribution in [0.3, 0.4) is 0 Å². The van der Waals surface area contributed by atoms with E-state index in [2.05, 4.69) is 55.3 Å². The Balaban J connectivity index is 2.55. The zero-order chi connectivity index (χ0) is 13.2. The second kappa shape index (κ2) is 9.12. The molecule has 102 valence electrons. The van der Waals surface area contributed by atoms with Gasteiger partial charge in [-0.2, -0.15) is 0 Å². The molecule has 0 unspecified atom stereocenters. The maximum absolute atomic E-state index is 3.53. The third-order valence-electron chi connectivity index (χ3n) is 3.43. The quantitative estimate of drug-likeness (QED) is 0.674. The Bertz CT molecular complexity index is 319. The molecule has 0 radical (unpaired) electrons. The third kappa shape index (κ3) is 5.19. The molecular formula is C16H28N2. The molecule has 1 aromatic rings. The molecule has 0 spiro atoms. The van der Waals surface area contributed by atoms with Crippen LogP contribution < -0.4 is 5.32 Å². The van der Waals surface area contributed by atoms with E-state index >= 15 is 0 Å². The minimum Gasteiger partial charge on any atom is -0.313 e. The predicted octanol–water partition coefficient (Wildman–Crippen LogP) is 3.42. The van der Waals surface area contributed by atoms with Gasteiger partial charge in [0.2, 0.25) is 0 Å². The summed E-state index contributed by atoms with van der Waals surface area (Å²) in [5.74, 6) is 0. The summed E-state index contributed by atoms with van der Waals surface area (Å²) in [6, 6.07) is 8.80. The molecule has 2 heteroatoms. The molecule has 18 heavy (non-hydrogen) atoms. The number of benzene rings is 1. The lowest BCUT2D eigenvalue weighted by atomic mass is 10.1. The van der Waals surface area contributed by atoms with Gasteiger partial charge in [0.05, 0.1) is 0 Å². The summed E-state index contributed by atoms with van der Waals surface area (Å²) in [7, 11) is 0. The van der Waals surface area contributed by atoms with Gasteiger partial charge in [-0.15, -0.1) is 0 Å². The van der Waals surface area contributed by atoms with Crippen LogP contribution in [0.25, 0.3) is 0 Å². The summed E-state index contributed by atoms with van der Waals surface area (Å²) in [4.78, 5) is 2.46. The van der Waals surface area contributed by atoms with Gasteiger partial charge in [-0.05, 0) is 37.2 Å². The van der Waals surface area contributed by atoms with Gasteiger partial charge in [0.1, 0.15) is 0 Å². The molecular weight excluding hydrogens is 220 g/mol. The SMILES string of the molecule is CCCCNCc1ccccc1CN(CC)CC. The monoisotopic (exact) mass is 248 g/mol. The summed E-state index contributed by atoms with van der Waals surface area (Å²) < 4.78 is 0. The molecule has 2 nitrogen and oxygen atoms in total. The molecule has 0 saturated heterocycles. The van der Waals surface area contributed by atoms with Gasteiger partial charge in [0, 0.05) is 13.1 Å². The van der Waals surface area contributed by atoms with Crippen molar-refractivity contribution in [1.29, 1.82) is 0 Å². The Kier molecular flexibility index (Phi) is 7.70. The van der Waals surface area contributed by atoms with Crippen molar-refractivity contribution in [1.82, 2.24) is 10.2 Å². The maximum Gasteiger partial charge on any atom is 0.0236 e. The van der Waals surface area contributed by atoms with Gasteiger partial charge in [-0.25, -0.2) is 0 Å². The van der Waals surface area contributed by atoms with Crippen LogP contribution in [-0.4, -0.2) is 24.5 Å². The highest BCUT2D eigenvalue weighted by atomic mass is 15.1. The molecule has 1 N–H and O–H groups in total. The Morgan fingerprint density at radius 1 is 1.00 bits per heavy atom. The van der Waals surface area contributed by atoms with Crippen molar-refractivity contribution < 1.29 is 0 Å². The molecule has 0 heterocycles. The minimum absolute atomic E-state index is 0.997. The van der Waals surface area contributed by atoms with E-state index in [0.29, 0.717) is 0 Å². The van der Waals surface area contributed by atoms with E-state index in [4.69, 9.17) is 0 Å². The first kappa shape index (κ1) is 15.2. The van der Waals surface area contributed by atoms with Crippen molar-refractivity contribution in [3.05, 3.63) is 35.4 Å².